The number of hydrogen-bond acceptors (Lipinski definition) is 5. The second-order valence-corrected chi connectivity index (χ2v) is 8.48. The molecule has 0 fully saturated rings. The van der Waals surface area contributed by atoms with Crippen LogP contribution in [0.5, 0.6) is 0 Å². The maximum atomic E-state index is 12.4. The molecule has 0 saturated heterocycles. The maximum Gasteiger partial charge on any atom is 0.312 e. The van der Waals surface area contributed by atoms with Crippen molar-refractivity contribution in [3.05, 3.63) is 88.2 Å². The van der Waals surface area contributed by atoms with Gasteiger partial charge in [-0.15, -0.1) is 22.7 Å². The van der Waals surface area contributed by atoms with Crippen LogP contribution >= 0.6 is 22.7 Å². The molecule has 0 radical (unpaired) electrons. The van der Waals surface area contributed by atoms with E-state index in [9.17, 15) is 4.79 Å². The van der Waals surface area contributed by atoms with Crippen LogP contribution in [0, 0.1) is 6.92 Å². The van der Waals surface area contributed by atoms with E-state index in [0.717, 1.165) is 31.6 Å². The van der Waals surface area contributed by atoms with Gasteiger partial charge in [0.1, 0.15) is 11.6 Å². The third-order valence-corrected chi connectivity index (χ3v) is 6.34. The smallest absolute Gasteiger partial charge is 0.312 e. The number of nitrogens with zero attached hydrogens (tertiary/aromatic N) is 1. The van der Waals surface area contributed by atoms with Gasteiger partial charge in [-0.25, -0.2) is 4.98 Å². The van der Waals surface area contributed by atoms with Crippen molar-refractivity contribution in [1.29, 1.82) is 0 Å². The lowest BCUT2D eigenvalue weighted by Gasteiger charge is -2.04. The van der Waals surface area contributed by atoms with Gasteiger partial charge in [0, 0.05) is 10.4 Å². The van der Waals surface area contributed by atoms with Crippen molar-refractivity contribution in [3.63, 3.8) is 0 Å². The van der Waals surface area contributed by atoms with Crippen LogP contribution in [0.1, 0.15) is 16.1 Å². The van der Waals surface area contributed by atoms with E-state index in [1.54, 1.807) is 22.7 Å². The number of benzene rings is 2. The first-order valence-electron chi connectivity index (χ1n) is 8.99. The molecule has 0 N–H and O–H groups in total. The number of carbonyl (C=O) groups excluding carboxylic acids is 1. The van der Waals surface area contributed by atoms with Crippen LogP contribution in [-0.4, -0.2) is 11.0 Å². The number of thiazole rings is 1. The molecule has 0 atom stereocenters. The van der Waals surface area contributed by atoms with Gasteiger partial charge in [0.05, 0.1) is 17.0 Å². The second kappa shape index (κ2) is 8.50. The van der Waals surface area contributed by atoms with Crippen LogP contribution in [0.4, 0.5) is 0 Å². The largest absolute Gasteiger partial charge is 0.460 e. The molecule has 140 valence electrons. The van der Waals surface area contributed by atoms with Crippen LogP contribution in [0.2, 0.25) is 0 Å². The van der Waals surface area contributed by atoms with Crippen LogP contribution in [-0.2, 0) is 22.6 Å². The van der Waals surface area contributed by atoms with Gasteiger partial charge in [0.2, 0.25) is 0 Å². The van der Waals surface area contributed by atoms with Crippen molar-refractivity contribution < 1.29 is 9.53 Å². The van der Waals surface area contributed by atoms with E-state index in [2.05, 4.69) is 31.2 Å². The maximum absolute atomic E-state index is 12.4. The van der Waals surface area contributed by atoms with Crippen molar-refractivity contribution in [1.82, 2.24) is 4.98 Å². The Kier molecular flexibility index (Phi) is 5.65. The first kappa shape index (κ1) is 18.6. The Morgan fingerprint density at radius 3 is 2.46 bits per heavy atom. The Balaban J connectivity index is 1.61. The predicted octanol–water partition coefficient (Wildman–Crippen LogP) is 6.13. The van der Waals surface area contributed by atoms with Gasteiger partial charge >= 0.3 is 5.97 Å². The zero-order valence-electron chi connectivity index (χ0n) is 15.4. The Bertz CT molecular complexity index is 1050. The Labute approximate surface area is 172 Å². The molecule has 4 aromatic rings. The number of aromatic nitrogens is 1. The van der Waals surface area contributed by atoms with Crippen LogP contribution in [0.15, 0.2) is 72.1 Å². The summed E-state index contributed by atoms with van der Waals surface area (Å²) in [5, 5.41) is 2.89. The van der Waals surface area contributed by atoms with E-state index >= 15 is 0 Å². The minimum atomic E-state index is -0.258. The van der Waals surface area contributed by atoms with Crippen molar-refractivity contribution in [2.45, 2.75) is 20.0 Å². The monoisotopic (exact) mass is 405 g/mol. The first-order chi connectivity index (χ1) is 13.7. The van der Waals surface area contributed by atoms with Crippen molar-refractivity contribution in [3.8, 4) is 21.0 Å². The van der Waals surface area contributed by atoms with Gasteiger partial charge in [-0.1, -0.05) is 66.2 Å². The van der Waals surface area contributed by atoms with Crippen LogP contribution in [0.3, 0.4) is 0 Å². The standard InChI is InChI=1S/C23H19NO2S2/c1-16-9-11-17(12-10-16)22-20(14-21(25)26-15-19-8-5-13-27-19)24-23(28-22)18-6-3-2-4-7-18/h2-13H,14-15H2,1H3. The fraction of sp³-hybridized carbons (Fsp3) is 0.130. The number of rotatable bonds is 6. The van der Waals surface area contributed by atoms with Gasteiger partial charge in [0.25, 0.3) is 0 Å². The zero-order valence-corrected chi connectivity index (χ0v) is 17.1. The molecule has 0 spiro atoms. The lowest BCUT2D eigenvalue weighted by atomic mass is 10.1. The summed E-state index contributed by atoms with van der Waals surface area (Å²) < 4.78 is 5.45. The average Bonchev–Trinajstić information content (AvgIpc) is 3.38. The van der Waals surface area contributed by atoms with Gasteiger partial charge in [-0.2, -0.15) is 0 Å². The molecule has 28 heavy (non-hydrogen) atoms. The quantitative estimate of drug-likeness (QED) is 0.362. The molecule has 0 saturated carbocycles. The number of aryl methyl sites for hydroxylation is 1. The minimum Gasteiger partial charge on any atom is -0.460 e. The van der Waals surface area contributed by atoms with E-state index in [-0.39, 0.29) is 12.4 Å². The van der Waals surface area contributed by atoms with E-state index in [0.29, 0.717) is 6.61 Å². The molecule has 2 aromatic heterocycles. The summed E-state index contributed by atoms with van der Waals surface area (Å²) in [4.78, 5) is 19.3. The number of ether oxygens (including phenoxy) is 1. The molecule has 0 aliphatic carbocycles. The van der Waals surface area contributed by atoms with E-state index < -0.39 is 0 Å². The number of hydrogen-bond donors (Lipinski definition) is 0. The highest BCUT2D eigenvalue weighted by atomic mass is 32.1. The van der Waals surface area contributed by atoms with Crippen molar-refractivity contribution in [2.24, 2.45) is 0 Å². The van der Waals surface area contributed by atoms with Crippen molar-refractivity contribution in [2.75, 3.05) is 0 Å². The lowest BCUT2D eigenvalue weighted by Crippen LogP contribution is -2.08. The molecule has 3 nitrogen and oxygen atoms in total. The second-order valence-electron chi connectivity index (χ2n) is 6.44. The zero-order chi connectivity index (χ0) is 19.3. The number of thiophene rings is 1. The summed E-state index contributed by atoms with van der Waals surface area (Å²) in [6, 6.07) is 22.3. The topological polar surface area (TPSA) is 39.2 Å². The van der Waals surface area contributed by atoms with Gasteiger partial charge in [0.15, 0.2) is 0 Å². The molecule has 0 aliphatic heterocycles. The molecule has 5 heteroatoms. The van der Waals surface area contributed by atoms with Gasteiger partial charge in [-0.3, -0.25) is 4.79 Å². The third-order valence-electron chi connectivity index (χ3n) is 4.30. The van der Waals surface area contributed by atoms with Crippen LogP contribution in [0.25, 0.3) is 21.0 Å². The molecule has 4 rings (SSSR count). The van der Waals surface area contributed by atoms with Gasteiger partial charge < -0.3 is 4.74 Å². The summed E-state index contributed by atoms with van der Waals surface area (Å²) in [6.07, 6.45) is 0.165. The SMILES string of the molecule is Cc1ccc(-c2sc(-c3ccccc3)nc2CC(=O)OCc2cccs2)cc1. The number of esters is 1. The fourth-order valence-corrected chi connectivity index (χ4v) is 4.55. The van der Waals surface area contributed by atoms with E-state index in [1.807, 2.05) is 47.8 Å². The predicted molar refractivity (Wildman–Crippen MR) is 116 cm³/mol. The molecule has 0 bridgehead atoms. The third kappa shape index (κ3) is 4.38. The average molecular weight is 406 g/mol. The highest BCUT2D eigenvalue weighted by Gasteiger charge is 2.18. The summed E-state index contributed by atoms with van der Waals surface area (Å²) in [6.45, 7) is 2.38. The fourth-order valence-electron chi connectivity index (χ4n) is 2.84. The number of carbonyl (C=O) groups is 1. The molecule has 0 unspecified atom stereocenters. The minimum absolute atomic E-state index is 0.165. The molecular formula is C23H19NO2S2. The van der Waals surface area contributed by atoms with E-state index in [4.69, 9.17) is 9.72 Å². The van der Waals surface area contributed by atoms with Gasteiger partial charge in [-0.05, 0) is 23.9 Å². The highest BCUT2D eigenvalue weighted by Crippen LogP contribution is 2.36. The Morgan fingerprint density at radius 1 is 0.964 bits per heavy atom. The summed E-state index contributed by atoms with van der Waals surface area (Å²) >= 11 is 3.20. The summed E-state index contributed by atoms with van der Waals surface area (Å²) in [5.41, 5.74) is 4.10. The normalized spacial score (nSPS) is 10.8. The molecule has 0 aliphatic rings. The molecular weight excluding hydrogens is 386 g/mol. The summed E-state index contributed by atoms with van der Waals surface area (Å²) in [7, 11) is 0. The summed E-state index contributed by atoms with van der Waals surface area (Å²) in [5.74, 6) is -0.258. The Hall–Kier alpha value is -2.76. The van der Waals surface area contributed by atoms with E-state index in [1.165, 1.54) is 5.56 Å². The Morgan fingerprint density at radius 2 is 1.75 bits per heavy atom. The van der Waals surface area contributed by atoms with Crippen molar-refractivity contribution >= 4 is 28.6 Å². The first-order valence-corrected chi connectivity index (χ1v) is 10.7. The van der Waals surface area contributed by atoms with Crippen LogP contribution < -0.4 is 0 Å². The molecule has 2 heterocycles. The molecule has 0 amide bonds. The lowest BCUT2D eigenvalue weighted by molar-refractivity contribution is -0.144. The highest BCUT2D eigenvalue weighted by molar-refractivity contribution is 7.18. The molecule has 2 aromatic carbocycles.